The molecule has 2 aliphatic heterocycles. The van der Waals surface area contributed by atoms with Crippen LogP contribution in [0.3, 0.4) is 0 Å². The summed E-state index contributed by atoms with van der Waals surface area (Å²) in [6.07, 6.45) is 12.1. The zero-order valence-electron chi connectivity index (χ0n) is 13.0. The van der Waals surface area contributed by atoms with Gasteiger partial charge in [0.05, 0.1) is 6.20 Å². The van der Waals surface area contributed by atoms with Crippen LogP contribution in [0.2, 0.25) is 0 Å². The molecular formula is C16H28N4. The third-order valence-corrected chi connectivity index (χ3v) is 5.58. The Bertz CT molecular complexity index is 427. The van der Waals surface area contributed by atoms with Crippen LogP contribution in [0.15, 0.2) is 12.4 Å². The molecule has 0 aromatic carbocycles. The zero-order chi connectivity index (χ0) is 14.1. The van der Waals surface area contributed by atoms with Crippen LogP contribution < -0.4 is 5.32 Å². The van der Waals surface area contributed by atoms with Gasteiger partial charge in [0, 0.05) is 31.4 Å². The SMILES string of the molecule is CNC(CCc1cnn(C)c1)C1CC2CCC(C1)N2C. The number of aryl methyl sites for hydroxylation is 2. The Morgan fingerprint density at radius 2 is 2.00 bits per heavy atom. The van der Waals surface area contributed by atoms with E-state index in [1.165, 1.54) is 37.7 Å². The fraction of sp³-hybridized carbons (Fsp3) is 0.812. The Hall–Kier alpha value is -0.870. The molecule has 4 nitrogen and oxygen atoms in total. The molecule has 4 heteroatoms. The van der Waals surface area contributed by atoms with Crippen molar-refractivity contribution in [3.8, 4) is 0 Å². The quantitative estimate of drug-likeness (QED) is 0.890. The van der Waals surface area contributed by atoms with Crippen LogP contribution in [-0.4, -0.2) is 46.9 Å². The first kappa shape index (κ1) is 14.1. The lowest BCUT2D eigenvalue weighted by atomic mass is 9.83. The van der Waals surface area contributed by atoms with Gasteiger partial charge in [0.15, 0.2) is 0 Å². The Morgan fingerprint density at radius 1 is 1.30 bits per heavy atom. The second-order valence-electron chi connectivity index (χ2n) is 6.74. The van der Waals surface area contributed by atoms with E-state index in [2.05, 4.69) is 35.6 Å². The smallest absolute Gasteiger partial charge is 0.0521 e. The summed E-state index contributed by atoms with van der Waals surface area (Å²) in [4.78, 5) is 2.63. The van der Waals surface area contributed by atoms with E-state index in [-0.39, 0.29) is 0 Å². The van der Waals surface area contributed by atoms with E-state index in [1.807, 2.05) is 17.9 Å². The van der Waals surface area contributed by atoms with E-state index >= 15 is 0 Å². The zero-order valence-corrected chi connectivity index (χ0v) is 13.0. The predicted octanol–water partition coefficient (Wildman–Crippen LogP) is 1.81. The van der Waals surface area contributed by atoms with E-state index in [1.54, 1.807) is 0 Å². The maximum Gasteiger partial charge on any atom is 0.0521 e. The molecule has 2 saturated heterocycles. The van der Waals surface area contributed by atoms with Crippen LogP contribution in [0.25, 0.3) is 0 Å². The second-order valence-corrected chi connectivity index (χ2v) is 6.74. The van der Waals surface area contributed by atoms with Gasteiger partial charge in [0.1, 0.15) is 0 Å². The number of hydrogen-bond donors (Lipinski definition) is 1. The van der Waals surface area contributed by atoms with Crippen molar-refractivity contribution < 1.29 is 0 Å². The third-order valence-electron chi connectivity index (χ3n) is 5.58. The summed E-state index contributed by atoms with van der Waals surface area (Å²) in [7, 11) is 6.45. The van der Waals surface area contributed by atoms with Crippen molar-refractivity contribution in [1.29, 1.82) is 0 Å². The molecule has 0 aliphatic carbocycles. The van der Waals surface area contributed by atoms with E-state index < -0.39 is 0 Å². The maximum absolute atomic E-state index is 4.27. The molecule has 0 amide bonds. The molecule has 2 fully saturated rings. The summed E-state index contributed by atoms with van der Waals surface area (Å²) < 4.78 is 1.90. The number of rotatable bonds is 5. The lowest BCUT2D eigenvalue weighted by molar-refractivity contribution is 0.112. The van der Waals surface area contributed by atoms with Crippen molar-refractivity contribution in [2.24, 2.45) is 13.0 Å². The van der Waals surface area contributed by atoms with Gasteiger partial charge in [0.25, 0.3) is 0 Å². The molecule has 3 unspecified atom stereocenters. The molecule has 1 aromatic heterocycles. The number of hydrogen-bond acceptors (Lipinski definition) is 3. The van der Waals surface area contributed by atoms with Crippen LogP contribution in [0.4, 0.5) is 0 Å². The van der Waals surface area contributed by atoms with E-state index in [0.717, 1.165) is 24.4 Å². The lowest BCUT2D eigenvalue weighted by Crippen LogP contribution is -2.46. The molecule has 3 heterocycles. The third kappa shape index (κ3) is 2.77. The molecule has 1 N–H and O–H groups in total. The Balaban J connectivity index is 1.57. The van der Waals surface area contributed by atoms with E-state index in [0.29, 0.717) is 6.04 Å². The van der Waals surface area contributed by atoms with Crippen molar-refractivity contribution >= 4 is 0 Å². The summed E-state index contributed by atoms with van der Waals surface area (Å²) in [6, 6.07) is 2.34. The normalized spacial score (nSPS) is 31.6. The molecule has 0 saturated carbocycles. The first-order valence-corrected chi connectivity index (χ1v) is 8.04. The van der Waals surface area contributed by atoms with Gasteiger partial charge < -0.3 is 10.2 Å². The minimum absolute atomic E-state index is 0.659. The molecule has 112 valence electrons. The minimum atomic E-state index is 0.659. The Labute approximate surface area is 122 Å². The van der Waals surface area contributed by atoms with Gasteiger partial charge in [0.2, 0.25) is 0 Å². The van der Waals surface area contributed by atoms with Gasteiger partial charge in [-0.1, -0.05) is 0 Å². The first-order chi connectivity index (χ1) is 9.67. The van der Waals surface area contributed by atoms with Gasteiger partial charge in [-0.25, -0.2) is 0 Å². The predicted molar refractivity (Wildman–Crippen MR) is 81.7 cm³/mol. The Morgan fingerprint density at radius 3 is 2.55 bits per heavy atom. The number of fused-ring (bicyclic) bond motifs is 2. The molecule has 2 aliphatic rings. The maximum atomic E-state index is 4.27. The van der Waals surface area contributed by atoms with Crippen LogP contribution in [-0.2, 0) is 13.5 Å². The lowest BCUT2D eigenvalue weighted by Gasteiger charge is -2.39. The van der Waals surface area contributed by atoms with Gasteiger partial charge in [-0.15, -0.1) is 0 Å². The summed E-state index contributed by atoms with van der Waals surface area (Å²) >= 11 is 0. The molecule has 3 rings (SSSR count). The van der Waals surface area contributed by atoms with Crippen LogP contribution in [0.5, 0.6) is 0 Å². The molecule has 3 atom stereocenters. The summed E-state index contributed by atoms with van der Waals surface area (Å²) in [5.41, 5.74) is 1.36. The number of aromatic nitrogens is 2. The Kier molecular flexibility index (Phi) is 4.13. The number of nitrogens with zero attached hydrogens (tertiary/aromatic N) is 3. The fourth-order valence-electron chi connectivity index (χ4n) is 4.32. The fourth-order valence-corrected chi connectivity index (χ4v) is 4.32. The summed E-state index contributed by atoms with van der Waals surface area (Å²) in [6.45, 7) is 0. The largest absolute Gasteiger partial charge is 0.317 e. The van der Waals surface area contributed by atoms with Crippen molar-refractivity contribution in [3.63, 3.8) is 0 Å². The van der Waals surface area contributed by atoms with Crippen molar-refractivity contribution in [1.82, 2.24) is 20.0 Å². The highest BCUT2D eigenvalue weighted by atomic mass is 15.2. The highest BCUT2D eigenvalue weighted by Crippen LogP contribution is 2.39. The van der Waals surface area contributed by atoms with Crippen LogP contribution >= 0.6 is 0 Å². The molecule has 0 spiro atoms. The highest BCUT2D eigenvalue weighted by Gasteiger charge is 2.40. The van der Waals surface area contributed by atoms with E-state index in [9.17, 15) is 0 Å². The molecule has 1 aromatic rings. The van der Waals surface area contributed by atoms with Gasteiger partial charge in [-0.3, -0.25) is 4.68 Å². The topological polar surface area (TPSA) is 33.1 Å². The minimum Gasteiger partial charge on any atom is -0.317 e. The highest BCUT2D eigenvalue weighted by molar-refractivity contribution is 5.05. The summed E-state index contributed by atoms with van der Waals surface area (Å²) in [5, 5.41) is 7.85. The van der Waals surface area contributed by atoms with Gasteiger partial charge >= 0.3 is 0 Å². The molecular weight excluding hydrogens is 248 g/mol. The standard InChI is InChI=1S/C16H28N4/c1-17-16(7-4-12-10-18-19(2)11-12)13-8-14-5-6-15(9-13)20(14)3/h10-11,13-17H,4-9H2,1-3H3. The van der Waals surface area contributed by atoms with Crippen molar-refractivity contribution in [3.05, 3.63) is 18.0 Å². The van der Waals surface area contributed by atoms with Gasteiger partial charge in [-0.05, 0) is 64.1 Å². The van der Waals surface area contributed by atoms with Crippen molar-refractivity contribution in [2.45, 2.75) is 56.7 Å². The van der Waals surface area contributed by atoms with Gasteiger partial charge in [-0.2, -0.15) is 5.10 Å². The molecule has 20 heavy (non-hydrogen) atoms. The average Bonchev–Trinajstić information content (AvgIpc) is 2.91. The van der Waals surface area contributed by atoms with Crippen LogP contribution in [0, 0.1) is 5.92 Å². The monoisotopic (exact) mass is 276 g/mol. The summed E-state index contributed by atoms with van der Waals surface area (Å²) in [5.74, 6) is 0.852. The number of piperidine rings is 1. The average molecular weight is 276 g/mol. The first-order valence-electron chi connectivity index (χ1n) is 8.04. The second kappa shape index (κ2) is 5.86. The van der Waals surface area contributed by atoms with Crippen LogP contribution in [0.1, 0.15) is 37.7 Å². The van der Waals surface area contributed by atoms with Crippen molar-refractivity contribution in [2.75, 3.05) is 14.1 Å². The number of nitrogens with one attached hydrogen (secondary N) is 1. The van der Waals surface area contributed by atoms with E-state index in [4.69, 9.17) is 0 Å². The molecule has 0 radical (unpaired) electrons. The molecule has 2 bridgehead atoms.